The Bertz CT molecular complexity index is 1030. The highest BCUT2D eigenvalue weighted by Gasteiger charge is 2.29. The third-order valence-electron chi connectivity index (χ3n) is 5.60. The first kappa shape index (κ1) is 31.0. The van der Waals surface area contributed by atoms with Gasteiger partial charge in [0, 0.05) is 13.3 Å². The fraction of sp³-hybridized carbons (Fsp3) is 0.556. The molecule has 1 aromatic heterocycles. The third-order valence-corrected chi connectivity index (χ3v) is 5.60. The molecule has 0 radical (unpaired) electrons. The van der Waals surface area contributed by atoms with Crippen LogP contribution in [-0.4, -0.2) is 46.3 Å². The Morgan fingerprint density at radius 2 is 1.92 bits per heavy atom. The number of hydrogen-bond donors (Lipinski definition) is 3. The summed E-state index contributed by atoms with van der Waals surface area (Å²) in [7, 11) is 1.61. The summed E-state index contributed by atoms with van der Waals surface area (Å²) >= 11 is 0. The van der Waals surface area contributed by atoms with Crippen molar-refractivity contribution in [2.24, 2.45) is 22.4 Å². The van der Waals surface area contributed by atoms with Crippen molar-refractivity contribution < 1.29 is 14.0 Å². The summed E-state index contributed by atoms with van der Waals surface area (Å²) in [6.07, 6.45) is 9.33. The normalized spacial score (nSPS) is 15.5. The fourth-order valence-corrected chi connectivity index (χ4v) is 3.43. The molecular weight excluding hydrogens is 459 g/mol. The van der Waals surface area contributed by atoms with E-state index in [1.165, 1.54) is 33.0 Å². The highest BCUT2D eigenvalue weighted by Crippen LogP contribution is 2.29. The first-order valence-electron chi connectivity index (χ1n) is 12.2. The van der Waals surface area contributed by atoms with E-state index < -0.39 is 17.2 Å². The minimum absolute atomic E-state index is 0.0947. The zero-order chi connectivity index (χ0) is 27.7. The lowest BCUT2D eigenvalue weighted by Crippen LogP contribution is -2.52. The van der Waals surface area contributed by atoms with Crippen LogP contribution in [0.4, 0.5) is 4.39 Å². The van der Waals surface area contributed by atoms with Gasteiger partial charge >= 0.3 is 0 Å². The minimum atomic E-state index is -1.67. The average molecular weight is 503 g/mol. The maximum Gasteiger partial charge on any atom is 0.237 e. The van der Waals surface area contributed by atoms with Gasteiger partial charge in [0.2, 0.25) is 5.91 Å². The van der Waals surface area contributed by atoms with Crippen molar-refractivity contribution in [3.8, 4) is 0 Å². The van der Waals surface area contributed by atoms with E-state index in [1.54, 1.807) is 30.1 Å². The molecule has 1 heterocycles. The molecule has 1 unspecified atom stereocenters. The Morgan fingerprint density at radius 3 is 2.42 bits per heavy atom. The van der Waals surface area contributed by atoms with Crippen LogP contribution in [0, 0.1) is 5.92 Å². The quantitative estimate of drug-likeness (QED) is 0.215. The fourth-order valence-electron chi connectivity index (χ4n) is 3.43. The second-order valence-corrected chi connectivity index (χ2v) is 10.3. The molecule has 0 aromatic carbocycles. The SMILES string of the molecule is CCC(C)/C=C(\C=C/C(C)=O)c1cc(C(C)(C)F)nn1CC(C)(C)NC(=O)[C@H](N)C/C(C=NC)=C/N. The maximum atomic E-state index is 14.9. The third kappa shape index (κ3) is 9.89. The molecule has 0 saturated heterocycles. The van der Waals surface area contributed by atoms with Gasteiger partial charge in [0.1, 0.15) is 5.67 Å². The number of ketones is 1. The molecule has 200 valence electrons. The van der Waals surface area contributed by atoms with Crippen molar-refractivity contribution in [3.05, 3.63) is 47.5 Å². The number of amides is 1. The molecular formula is C27H43FN6O2. The minimum Gasteiger partial charge on any atom is -0.404 e. The van der Waals surface area contributed by atoms with E-state index in [-0.39, 0.29) is 36.3 Å². The number of carbonyl (C=O) groups is 2. The van der Waals surface area contributed by atoms with Crippen molar-refractivity contribution in [2.75, 3.05) is 7.05 Å². The monoisotopic (exact) mass is 502 g/mol. The Labute approximate surface area is 214 Å². The van der Waals surface area contributed by atoms with Crippen LogP contribution < -0.4 is 16.8 Å². The number of alkyl halides is 1. The lowest BCUT2D eigenvalue weighted by atomic mass is 9.99. The van der Waals surface area contributed by atoms with Gasteiger partial charge in [-0.2, -0.15) is 5.10 Å². The summed E-state index contributed by atoms with van der Waals surface area (Å²) < 4.78 is 16.6. The Balaban J connectivity index is 3.37. The van der Waals surface area contributed by atoms with Crippen LogP contribution in [0.25, 0.3) is 5.57 Å². The molecule has 5 N–H and O–H groups in total. The molecule has 0 aliphatic rings. The number of carbonyl (C=O) groups excluding carboxylic acids is 2. The van der Waals surface area contributed by atoms with Crippen molar-refractivity contribution >= 4 is 23.5 Å². The molecule has 0 aliphatic carbocycles. The molecule has 1 amide bonds. The number of nitrogens with two attached hydrogens (primary N) is 2. The predicted molar refractivity (Wildman–Crippen MR) is 145 cm³/mol. The topological polar surface area (TPSA) is 128 Å². The van der Waals surface area contributed by atoms with E-state index in [0.717, 1.165) is 12.0 Å². The van der Waals surface area contributed by atoms with Crippen molar-refractivity contribution in [1.82, 2.24) is 15.1 Å². The van der Waals surface area contributed by atoms with Gasteiger partial charge in [0.15, 0.2) is 5.78 Å². The highest BCUT2D eigenvalue weighted by atomic mass is 19.1. The largest absolute Gasteiger partial charge is 0.404 e. The van der Waals surface area contributed by atoms with E-state index in [1.807, 2.05) is 19.9 Å². The summed E-state index contributed by atoms with van der Waals surface area (Å²) in [5.41, 5.74) is 11.6. The van der Waals surface area contributed by atoms with Gasteiger partial charge in [-0.1, -0.05) is 26.3 Å². The first-order valence-corrected chi connectivity index (χ1v) is 12.2. The smallest absolute Gasteiger partial charge is 0.237 e. The summed E-state index contributed by atoms with van der Waals surface area (Å²) in [6.45, 7) is 12.5. The molecule has 0 spiro atoms. The van der Waals surface area contributed by atoms with E-state index in [4.69, 9.17) is 11.5 Å². The Hall–Kier alpha value is -3.07. The number of aromatic nitrogens is 2. The van der Waals surface area contributed by atoms with Gasteiger partial charge in [-0.25, -0.2) is 4.39 Å². The standard InChI is InChI=1S/C27H43FN6O2/c1-9-18(2)12-21(11-10-19(3)35)23-14-24(27(6,7)28)33-34(23)17-26(4,5)32-25(36)22(30)13-20(15-29)16-31-8/h10-12,14-16,18,22H,9,13,17,29-30H2,1-8H3,(H,32,36)/b11-10-,20-15-,21-12+,31-16?/t18?,22-/m1/s1. The van der Waals surface area contributed by atoms with Crippen LogP contribution in [0.5, 0.6) is 0 Å². The second kappa shape index (κ2) is 13.3. The van der Waals surface area contributed by atoms with Gasteiger partial charge in [0.05, 0.1) is 29.5 Å². The molecule has 0 fully saturated rings. The summed E-state index contributed by atoms with van der Waals surface area (Å²) in [4.78, 5) is 28.4. The number of rotatable bonds is 13. The molecule has 1 rings (SSSR count). The second-order valence-electron chi connectivity index (χ2n) is 10.3. The number of nitrogens with zero attached hydrogens (tertiary/aromatic N) is 3. The molecule has 8 nitrogen and oxygen atoms in total. The van der Waals surface area contributed by atoms with E-state index in [2.05, 4.69) is 29.3 Å². The van der Waals surface area contributed by atoms with Gasteiger partial charge < -0.3 is 16.8 Å². The van der Waals surface area contributed by atoms with Crippen LogP contribution >= 0.6 is 0 Å². The molecule has 2 atom stereocenters. The van der Waals surface area contributed by atoms with Crippen LogP contribution in [0.1, 0.15) is 72.7 Å². The Kier molecular flexibility index (Phi) is 11.4. The van der Waals surface area contributed by atoms with Gasteiger partial charge in [-0.15, -0.1) is 0 Å². The molecule has 0 saturated carbocycles. The molecule has 1 aromatic rings. The van der Waals surface area contributed by atoms with Crippen molar-refractivity contribution in [3.63, 3.8) is 0 Å². The number of nitrogens with one attached hydrogen (secondary N) is 1. The highest BCUT2D eigenvalue weighted by molar-refractivity contribution is 5.90. The maximum absolute atomic E-state index is 14.9. The lowest BCUT2D eigenvalue weighted by molar-refractivity contribution is -0.124. The summed E-state index contributed by atoms with van der Waals surface area (Å²) in [5, 5.41) is 7.51. The number of aliphatic imine (C=N–C) groups is 1. The van der Waals surface area contributed by atoms with E-state index in [9.17, 15) is 14.0 Å². The van der Waals surface area contributed by atoms with Crippen LogP contribution in [0.3, 0.4) is 0 Å². The van der Waals surface area contributed by atoms with Crippen LogP contribution in [-0.2, 0) is 21.8 Å². The molecule has 0 aliphatic heterocycles. The van der Waals surface area contributed by atoms with E-state index in [0.29, 0.717) is 11.3 Å². The summed E-state index contributed by atoms with van der Waals surface area (Å²) in [6, 6.07) is 0.874. The molecule has 36 heavy (non-hydrogen) atoms. The van der Waals surface area contributed by atoms with Crippen LogP contribution in [0.15, 0.2) is 41.1 Å². The number of halogens is 1. The predicted octanol–water partition coefficient (Wildman–Crippen LogP) is 3.82. The Morgan fingerprint density at radius 1 is 1.28 bits per heavy atom. The zero-order valence-electron chi connectivity index (χ0n) is 22.9. The summed E-state index contributed by atoms with van der Waals surface area (Å²) in [5.74, 6) is -0.220. The lowest BCUT2D eigenvalue weighted by Gasteiger charge is -2.29. The molecule has 9 heteroatoms. The average Bonchev–Trinajstić information content (AvgIpc) is 3.18. The first-order chi connectivity index (χ1) is 16.6. The zero-order valence-corrected chi connectivity index (χ0v) is 22.9. The van der Waals surface area contributed by atoms with Crippen LogP contribution in [0.2, 0.25) is 0 Å². The van der Waals surface area contributed by atoms with Crippen molar-refractivity contribution in [1.29, 1.82) is 0 Å². The van der Waals surface area contributed by atoms with Gasteiger partial charge in [-0.05, 0) is 82.5 Å². The van der Waals surface area contributed by atoms with E-state index >= 15 is 0 Å². The molecule has 0 bridgehead atoms. The van der Waals surface area contributed by atoms with Gasteiger partial charge in [-0.3, -0.25) is 19.3 Å². The number of hydrogen-bond acceptors (Lipinski definition) is 6. The number of allylic oxidation sites excluding steroid dienone is 4. The van der Waals surface area contributed by atoms with Crippen molar-refractivity contribution in [2.45, 2.75) is 85.1 Å². The van der Waals surface area contributed by atoms with Gasteiger partial charge in [0.25, 0.3) is 0 Å².